The Balaban J connectivity index is 0.00000225. The number of nitro benzene ring substituents is 1. The lowest BCUT2D eigenvalue weighted by atomic mass is 9.94. The summed E-state index contributed by atoms with van der Waals surface area (Å²) in [5, 5.41) is 24.4. The third-order valence-electron chi connectivity index (χ3n) is 4.64. The molecule has 2 aromatic rings. The lowest BCUT2D eigenvalue weighted by Gasteiger charge is -2.35. The summed E-state index contributed by atoms with van der Waals surface area (Å²) in [6.45, 7) is 0. The lowest BCUT2D eigenvalue weighted by molar-refractivity contribution is -0.384. The zero-order valence-electron chi connectivity index (χ0n) is 14.3. The van der Waals surface area contributed by atoms with E-state index >= 15 is 0 Å². The molecular formula is C17H22ClN5O2. The first-order valence-electron chi connectivity index (χ1n) is 7.76. The Morgan fingerprint density at radius 1 is 1.08 bits per heavy atom. The van der Waals surface area contributed by atoms with E-state index < -0.39 is 5.66 Å². The Morgan fingerprint density at radius 3 is 2.36 bits per heavy atom. The average Bonchev–Trinajstić information content (AvgIpc) is 2.94. The average molecular weight is 364 g/mol. The van der Waals surface area contributed by atoms with Crippen molar-refractivity contribution < 1.29 is 4.92 Å². The number of fused-ring (bicyclic) bond motifs is 1. The molecule has 0 radical (unpaired) electrons. The van der Waals surface area contributed by atoms with Crippen LogP contribution in [0.5, 0.6) is 0 Å². The molecule has 0 saturated heterocycles. The molecule has 0 aliphatic carbocycles. The van der Waals surface area contributed by atoms with Gasteiger partial charge < -0.3 is 5.32 Å². The number of nitrogens with zero attached hydrogens (tertiary/aromatic N) is 1. The van der Waals surface area contributed by atoms with E-state index in [-0.39, 0.29) is 29.2 Å². The van der Waals surface area contributed by atoms with Crippen LogP contribution in [0.15, 0.2) is 42.5 Å². The number of nitro groups is 1. The van der Waals surface area contributed by atoms with Crippen LogP contribution in [0, 0.1) is 10.1 Å². The summed E-state index contributed by atoms with van der Waals surface area (Å²) in [7, 11) is 5.70. The number of nitrogens with one attached hydrogen (secondary N) is 4. The van der Waals surface area contributed by atoms with Gasteiger partial charge in [-0.2, -0.15) is 0 Å². The smallest absolute Gasteiger partial charge is 0.270 e. The summed E-state index contributed by atoms with van der Waals surface area (Å²) < 4.78 is 0. The van der Waals surface area contributed by atoms with Crippen LogP contribution in [0.2, 0.25) is 0 Å². The SMILES string of the molecule is CNC1Nc2ccc(-c3cccc([N+](=O)[O-])c3)cc2C1(NC)NC.Cl. The number of non-ortho nitro benzene ring substituents is 1. The maximum absolute atomic E-state index is 11.0. The molecule has 1 heterocycles. The van der Waals surface area contributed by atoms with E-state index in [1.54, 1.807) is 12.1 Å². The Labute approximate surface area is 152 Å². The standard InChI is InChI=1S/C17H21N5O2.ClH/c1-18-16-17(19-2,20-3)14-10-12(7-8-15(14)21-16)11-5-4-6-13(9-11)22(23)24;/h4-10,16,18-21H,1-3H3;1H. The number of anilines is 1. The second kappa shape index (κ2) is 7.37. The molecule has 2 aromatic carbocycles. The number of hydrogen-bond donors (Lipinski definition) is 4. The maximum atomic E-state index is 11.0. The van der Waals surface area contributed by atoms with Crippen molar-refractivity contribution in [3.05, 3.63) is 58.1 Å². The molecular weight excluding hydrogens is 342 g/mol. The van der Waals surface area contributed by atoms with Crippen LogP contribution >= 0.6 is 12.4 Å². The summed E-state index contributed by atoms with van der Waals surface area (Å²) in [6.07, 6.45) is -0.0251. The number of likely N-dealkylation sites (N-methyl/N-ethyl adjacent to an activating group) is 3. The first kappa shape index (κ1) is 19.1. The van der Waals surface area contributed by atoms with Gasteiger partial charge in [-0.05, 0) is 44.4 Å². The number of halogens is 1. The zero-order chi connectivity index (χ0) is 17.3. The molecule has 4 N–H and O–H groups in total. The predicted molar refractivity (Wildman–Crippen MR) is 102 cm³/mol. The number of rotatable bonds is 5. The molecule has 0 saturated carbocycles. The van der Waals surface area contributed by atoms with Gasteiger partial charge in [-0.25, -0.2) is 0 Å². The van der Waals surface area contributed by atoms with Gasteiger partial charge in [0.25, 0.3) is 5.69 Å². The van der Waals surface area contributed by atoms with Crippen LogP contribution in [-0.4, -0.2) is 32.2 Å². The van der Waals surface area contributed by atoms with Gasteiger partial charge in [0, 0.05) is 23.4 Å². The monoisotopic (exact) mass is 363 g/mol. The van der Waals surface area contributed by atoms with E-state index in [1.165, 1.54) is 6.07 Å². The Bertz CT molecular complexity index is 779. The van der Waals surface area contributed by atoms with E-state index in [0.717, 1.165) is 22.4 Å². The van der Waals surface area contributed by atoms with Crippen LogP contribution in [0.25, 0.3) is 11.1 Å². The van der Waals surface area contributed by atoms with Crippen molar-refractivity contribution in [2.75, 3.05) is 26.5 Å². The van der Waals surface area contributed by atoms with E-state index in [0.29, 0.717) is 0 Å². The van der Waals surface area contributed by atoms with E-state index in [4.69, 9.17) is 0 Å². The van der Waals surface area contributed by atoms with Gasteiger partial charge in [-0.1, -0.05) is 18.2 Å². The molecule has 7 nitrogen and oxygen atoms in total. The Morgan fingerprint density at radius 2 is 1.76 bits per heavy atom. The maximum Gasteiger partial charge on any atom is 0.270 e. The fourth-order valence-electron chi connectivity index (χ4n) is 3.37. The third kappa shape index (κ3) is 3.07. The predicted octanol–water partition coefficient (Wildman–Crippen LogP) is 2.25. The quantitative estimate of drug-likeness (QED) is 0.370. The summed E-state index contributed by atoms with van der Waals surface area (Å²) in [5.41, 5.74) is 3.46. The van der Waals surface area contributed by atoms with Crippen LogP contribution in [0.1, 0.15) is 5.56 Å². The third-order valence-corrected chi connectivity index (χ3v) is 4.64. The van der Waals surface area contributed by atoms with Crippen molar-refractivity contribution in [2.24, 2.45) is 0 Å². The molecule has 1 aliphatic rings. The van der Waals surface area contributed by atoms with Crippen LogP contribution in [0.4, 0.5) is 11.4 Å². The minimum Gasteiger partial charge on any atom is -0.366 e. The van der Waals surface area contributed by atoms with Crippen molar-refractivity contribution in [3.8, 4) is 11.1 Å². The van der Waals surface area contributed by atoms with Crippen molar-refractivity contribution in [1.29, 1.82) is 0 Å². The molecule has 134 valence electrons. The minimum atomic E-state index is -0.471. The first-order valence-corrected chi connectivity index (χ1v) is 7.76. The largest absolute Gasteiger partial charge is 0.366 e. The van der Waals surface area contributed by atoms with E-state index in [9.17, 15) is 10.1 Å². The van der Waals surface area contributed by atoms with Crippen LogP contribution in [0.3, 0.4) is 0 Å². The normalized spacial score (nSPS) is 17.3. The molecule has 1 unspecified atom stereocenters. The van der Waals surface area contributed by atoms with Crippen LogP contribution in [-0.2, 0) is 5.66 Å². The first-order chi connectivity index (χ1) is 11.6. The molecule has 0 amide bonds. The molecule has 0 fully saturated rings. The summed E-state index contributed by atoms with van der Waals surface area (Å²) >= 11 is 0. The highest BCUT2D eigenvalue weighted by Gasteiger charge is 2.44. The molecule has 0 aromatic heterocycles. The topological polar surface area (TPSA) is 91.3 Å². The van der Waals surface area contributed by atoms with Gasteiger partial charge in [-0.3, -0.25) is 26.1 Å². The fourth-order valence-corrected chi connectivity index (χ4v) is 3.37. The Hall–Kier alpha value is -2.19. The molecule has 1 aliphatic heterocycles. The van der Waals surface area contributed by atoms with Crippen molar-refractivity contribution in [3.63, 3.8) is 0 Å². The number of hydrogen-bond acceptors (Lipinski definition) is 6. The summed E-state index contributed by atoms with van der Waals surface area (Å²) in [4.78, 5) is 10.6. The molecule has 0 spiro atoms. The van der Waals surface area contributed by atoms with Gasteiger partial charge in [-0.15, -0.1) is 12.4 Å². The highest BCUT2D eigenvalue weighted by molar-refractivity contribution is 5.85. The van der Waals surface area contributed by atoms with Gasteiger partial charge in [0.05, 0.1) is 4.92 Å². The molecule has 1 atom stereocenters. The second-order valence-corrected chi connectivity index (χ2v) is 5.74. The van der Waals surface area contributed by atoms with Crippen molar-refractivity contribution in [2.45, 2.75) is 11.8 Å². The highest BCUT2D eigenvalue weighted by atomic mass is 35.5. The van der Waals surface area contributed by atoms with Gasteiger partial charge in [0.2, 0.25) is 0 Å². The van der Waals surface area contributed by atoms with E-state index in [1.807, 2.05) is 39.3 Å². The molecule has 25 heavy (non-hydrogen) atoms. The van der Waals surface area contributed by atoms with Gasteiger partial charge >= 0.3 is 0 Å². The second-order valence-electron chi connectivity index (χ2n) is 5.74. The zero-order valence-corrected chi connectivity index (χ0v) is 15.1. The Kier molecular flexibility index (Phi) is 5.64. The molecule has 0 bridgehead atoms. The molecule has 3 rings (SSSR count). The summed E-state index contributed by atoms with van der Waals surface area (Å²) in [5.74, 6) is 0. The van der Waals surface area contributed by atoms with Crippen LogP contribution < -0.4 is 21.3 Å². The number of benzene rings is 2. The van der Waals surface area contributed by atoms with Gasteiger partial charge in [0.15, 0.2) is 0 Å². The van der Waals surface area contributed by atoms with E-state index in [2.05, 4.69) is 27.3 Å². The van der Waals surface area contributed by atoms with Gasteiger partial charge in [0.1, 0.15) is 11.8 Å². The summed E-state index contributed by atoms with van der Waals surface area (Å²) in [6, 6.07) is 12.7. The van der Waals surface area contributed by atoms with Crippen molar-refractivity contribution >= 4 is 23.8 Å². The minimum absolute atomic E-state index is 0. The molecule has 8 heteroatoms. The lowest BCUT2D eigenvalue weighted by Crippen LogP contribution is -2.62. The van der Waals surface area contributed by atoms with Crippen molar-refractivity contribution in [1.82, 2.24) is 16.0 Å². The fraction of sp³-hybridized carbons (Fsp3) is 0.294. The highest BCUT2D eigenvalue weighted by Crippen LogP contribution is 2.39.